The highest BCUT2D eigenvalue weighted by Crippen LogP contribution is 2.19. The zero-order valence-electron chi connectivity index (χ0n) is 5.64. The second-order valence-corrected chi connectivity index (χ2v) is 2.87. The number of aliphatic hydroxyl groups is 1. The third kappa shape index (κ3) is 2.17. The van der Waals surface area contributed by atoms with Crippen LogP contribution in [0.3, 0.4) is 0 Å². The fourth-order valence-electron chi connectivity index (χ4n) is 0.718. The second-order valence-electron chi connectivity index (χ2n) is 1.96. The molecule has 0 aliphatic rings. The number of hydrogen-bond donors (Lipinski definition) is 2. The topological polar surface area (TPSA) is 32.3 Å². The van der Waals surface area contributed by atoms with Gasteiger partial charge >= 0.3 is 0 Å². The van der Waals surface area contributed by atoms with Crippen molar-refractivity contribution in [2.75, 3.05) is 12.0 Å². The first-order chi connectivity index (χ1) is 5.24. The van der Waals surface area contributed by atoms with Crippen molar-refractivity contribution >= 4 is 21.6 Å². The maximum atomic E-state index is 12.8. The molecule has 11 heavy (non-hydrogen) atoms. The van der Waals surface area contributed by atoms with Crippen molar-refractivity contribution in [3.8, 4) is 0 Å². The molecule has 0 unspecified atom stereocenters. The van der Waals surface area contributed by atoms with Crippen LogP contribution in [0.15, 0.2) is 22.7 Å². The van der Waals surface area contributed by atoms with Crippen molar-refractivity contribution in [1.82, 2.24) is 0 Å². The quantitative estimate of drug-likeness (QED) is 0.746. The Hall–Kier alpha value is -0.610. The van der Waals surface area contributed by atoms with E-state index >= 15 is 0 Å². The molecular weight excluding hydrogens is 213 g/mol. The Bertz CT molecular complexity index is 254. The number of nitrogens with one attached hydrogen (secondary N) is 1. The van der Waals surface area contributed by atoms with E-state index in [2.05, 4.69) is 21.2 Å². The summed E-state index contributed by atoms with van der Waals surface area (Å²) < 4.78 is 13.5. The summed E-state index contributed by atoms with van der Waals surface area (Å²) in [4.78, 5) is 0. The average Bonchev–Trinajstić information content (AvgIpc) is 1.98. The van der Waals surface area contributed by atoms with Gasteiger partial charge < -0.3 is 10.4 Å². The summed E-state index contributed by atoms with van der Waals surface area (Å²) in [5.74, 6) is -0.373. The maximum Gasteiger partial charge on any atom is 0.146 e. The molecule has 0 amide bonds. The zero-order valence-corrected chi connectivity index (χ0v) is 7.23. The number of halogens is 2. The van der Waals surface area contributed by atoms with Gasteiger partial charge in [0.25, 0.3) is 0 Å². The minimum absolute atomic E-state index is 0.270. The minimum atomic E-state index is -0.373. The predicted octanol–water partition coefficient (Wildman–Crippen LogP) is 1.95. The van der Waals surface area contributed by atoms with Gasteiger partial charge in [-0.25, -0.2) is 4.39 Å². The van der Waals surface area contributed by atoms with Gasteiger partial charge in [0, 0.05) is 4.47 Å². The Kier molecular flexibility index (Phi) is 2.84. The van der Waals surface area contributed by atoms with Crippen LogP contribution < -0.4 is 5.32 Å². The van der Waals surface area contributed by atoms with Crippen molar-refractivity contribution in [1.29, 1.82) is 0 Å². The van der Waals surface area contributed by atoms with E-state index in [1.54, 1.807) is 12.1 Å². The van der Waals surface area contributed by atoms with Crippen LogP contribution in [0, 0.1) is 5.82 Å². The zero-order chi connectivity index (χ0) is 8.27. The van der Waals surface area contributed by atoms with Crippen LogP contribution >= 0.6 is 15.9 Å². The standard InChI is InChI=1S/C7H7BrFNO/c8-5-1-2-6(9)7(3-5)10-4-11/h1-3,10-11H,4H2. The lowest BCUT2D eigenvalue weighted by atomic mass is 10.3. The normalized spacial score (nSPS) is 9.73. The number of anilines is 1. The van der Waals surface area contributed by atoms with Gasteiger partial charge in [-0.2, -0.15) is 0 Å². The highest BCUT2D eigenvalue weighted by molar-refractivity contribution is 9.10. The SMILES string of the molecule is OCNc1cc(Br)ccc1F. The summed E-state index contributed by atoms with van der Waals surface area (Å²) in [6.07, 6.45) is 0. The molecule has 1 aromatic carbocycles. The third-order valence-electron chi connectivity index (χ3n) is 1.20. The van der Waals surface area contributed by atoms with E-state index in [0.717, 1.165) is 4.47 Å². The summed E-state index contributed by atoms with van der Waals surface area (Å²) in [6, 6.07) is 4.48. The van der Waals surface area contributed by atoms with E-state index in [-0.39, 0.29) is 12.5 Å². The fourth-order valence-corrected chi connectivity index (χ4v) is 1.08. The number of hydrogen-bond acceptors (Lipinski definition) is 2. The van der Waals surface area contributed by atoms with Gasteiger partial charge in [-0.1, -0.05) is 15.9 Å². The molecule has 0 fully saturated rings. The van der Waals surface area contributed by atoms with Crippen LogP contribution in [0.2, 0.25) is 0 Å². The van der Waals surface area contributed by atoms with E-state index in [1.807, 2.05) is 0 Å². The van der Waals surface area contributed by atoms with Crippen molar-refractivity contribution in [2.24, 2.45) is 0 Å². The van der Waals surface area contributed by atoms with Gasteiger partial charge in [0.05, 0.1) is 5.69 Å². The van der Waals surface area contributed by atoms with Crippen molar-refractivity contribution < 1.29 is 9.50 Å². The summed E-state index contributed by atoms with van der Waals surface area (Å²) in [6.45, 7) is -0.270. The van der Waals surface area contributed by atoms with Crippen LogP contribution in [0.5, 0.6) is 0 Å². The molecule has 0 saturated heterocycles. The number of rotatable bonds is 2. The van der Waals surface area contributed by atoms with E-state index in [4.69, 9.17) is 5.11 Å². The van der Waals surface area contributed by atoms with E-state index in [1.165, 1.54) is 6.07 Å². The van der Waals surface area contributed by atoms with Gasteiger partial charge in [0.2, 0.25) is 0 Å². The third-order valence-corrected chi connectivity index (χ3v) is 1.69. The molecule has 0 atom stereocenters. The molecule has 0 radical (unpaired) electrons. The van der Waals surface area contributed by atoms with Crippen LogP contribution in [0.1, 0.15) is 0 Å². The Labute approximate surface area is 72.2 Å². The summed E-state index contributed by atoms with van der Waals surface area (Å²) >= 11 is 3.18. The summed E-state index contributed by atoms with van der Waals surface area (Å²) in [7, 11) is 0. The highest BCUT2D eigenvalue weighted by Gasteiger charge is 1.99. The lowest BCUT2D eigenvalue weighted by Crippen LogP contribution is -2.01. The molecule has 0 heterocycles. The maximum absolute atomic E-state index is 12.8. The molecule has 0 saturated carbocycles. The molecule has 1 rings (SSSR count). The van der Waals surface area contributed by atoms with Crippen LogP contribution in [0.4, 0.5) is 10.1 Å². The molecule has 1 aromatic rings. The molecule has 2 N–H and O–H groups in total. The van der Waals surface area contributed by atoms with Crippen LogP contribution in [0.25, 0.3) is 0 Å². The molecule has 0 aliphatic heterocycles. The Balaban J connectivity index is 2.93. The monoisotopic (exact) mass is 219 g/mol. The van der Waals surface area contributed by atoms with Gasteiger partial charge in [0.1, 0.15) is 12.5 Å². The van der Waals surface area contributed by atoms with Crippen molar-refractivity contribution in [2.45, 2.75) is 0 Å². The first kappa shape index (κ1) is 8.49. The van der Waals surface area contributed by atoms with E-state index in [9.17, 15) is 4.39 Å². The molecule has 0 aromatic heterocycles. The average molecular weight is 220 g/mol. The Morgan fingerprint density at radius 3 is 2.91 bits per heavy atom. The largest absolute Gasteiger partial charge is 0.377 e. The summed E-state index contributed by atoms with van der Waals surface area (Å²) in [5.41, 5.74) is 0.293. The first-order valence-electron chi connectivity index (χ1n) is 3.04. The predicted molar refractivity (Wildman–Crippen MR) is 44.8 cm³/mol. The van der Waals surface area contributed by atoms with Gasteiger partial charge in [-0.05, 0) is 18.2 Å². The molecule has 4 heteroatoms. The molecule has 0 bridgehead atoms. The van der Waals surface area contributed by atoms with Crippen LogP contribution in [-0.4, -0.2) is 11.8 Å². The minimum Gasteiger partial charge on any atom is -0.377 e. The molecule has 60 valence electrons. The number of aliphatic hydroxyl groups excluding tert-OH is 1. The van der Waals surface area contributed by atoms with Gasteiger partial charge in [-0.3, -0.25) is 0 Å². The van der Waals surface area contributed by atoms with E-state index < -0.39 is 0 Å². The second kappa shape index (κ2) is 3.69. The fraction of sp³-hybridized carbons (Fsp3) is 0.143. The molecule has 0 spiro atoms. The number of benzene rings is 1. The lowest BCUT2D eigenvalue weighted by molar-refractivity contribution is 0.325. The molecule has 2 nitrogen and oxygen atoms in total. The molecular formula is C7H7BrFNO. The van der Waals surface area contributed by atoms with Crippen molar-refractivity contribution in [3.63, 3.8) is 0 Å². The Morgan fingerprint density at radius 2 is 2.27 bits per heavy atom. The smallest absolute Gasteiger partial charge is 0.146 e. The van der Waals surface area contributed by atoms with Gasteiger partial charge in [-0.15, -0.1) is 0 Å². The lowest BCUT2D eigenvalue weighted by Gasteiger charge is -2.03. The van der Waals surface area contributed by atoms with E-state index in [0.29, 0.717) is 5.69 Å². The first-order valence-corrected chi connectivity index (χ1v) is 3.83. The van der Waals surface area contributed by atoms with Crippen molar-refractivity contribution in [3.05, 3.63) is 28.5 Å². The van der Waals surface area contributed by atoms with Gasteiger partial charge in [0.15, 0.2) is 0 Å². The Morgan fingerprint density at radius 1 is 1.55 bits per heavy atom. The summed E-state index contributed by atoms with van der Waals surface area (Å²) in [5, 5.41) is 10.9. The van der Waals surface area contributed by atoms with Crippen LogP contribution in [-0.2, 0) is 0 Å². The highest BCUT2D eigenvalue weighted by atomic mass is 79.9. The molecule has 0 aliphatic carbocycles.